The molecule has 0 aliphatic heterocycles. The zero-order valence-electron chi connectivity index (χ0n) is 19.3. The van der Waals surface area contributed by atoms with E-state index in [4.69, 9.17) is 0 Å². The van der Waals surface area contributed by atoms with Crippen molar-refractivity contribution >= 4 is 54.7 Å². The minimum atomic E-state index is -3.99. The van der Waals surface area contributed by atoms with Crippen LogP contribution in [0, 0.1) is 0 Å². The molecule has 0 aliphatic rings. The zero-order valence-corrected chi connectivity index (χ0v) is 21.7. The van der Waals surface area contributed by atoms with Gasteiger partial charge in [-0.25, -0.2) is 18.1 Å². The second-order valence-corrected chi connectivity index (χ2v) is 10.5. The summed E-state index contributed by atoms with van der Waals surface area (Å²) < 4.78 is 30.6. The highest BCUT2D eigenvalue weighted by Crippen LogP contribution is 2.20. The summed E-state index contributed by atoms with van der Waals surface area (Å²) in [5.74, 6) is -0.138. The molecule has 11 heteroatoms. The zero-order chi connectivity index (χ0) is 25.9. The summed E-state index contributed by atoms with van der Waals surface area (Å²) in [6.45, 7) is 2.95. The Bertz CT molecular complexity index is 1630. The van der Waals surface area contributed by atoms with Gasteiger partial charge in [0.1, 0.15) is 0 Å². The molecule has 0 saturated carbocycles. The Morgan fingerprint density at radius 1 is 1.06 bits per heavy atom. The van der Waals surface area contributed by atoms with E-state index in [1.807, 2.05) is 24.3 Å². The highest BCUT2D eigenvalue weighted by atomic mass is 79.9. The molecule has 0 radical (unpaired) electrons. The predicted molar refractivity (Wildman–Crippen MR) is 143 cm³/mol. The van der Waals surface area contributed by atoms with Gasteiger partial charge in [-0.3, -0.25) is 9.59 Å². The maximum absolute atomic E-state index is 13.3. The molecular formula is C25H22BrN5O4S. The molecule has 4 rings (SSSR count). The van der Waals surface area contributed by atoms with Gasteiger partial charge in [0.2, 0.25) is 15.9 Å². The Balaban J connectivity index is 1.73. The third-order valence-corrected chi connectivity index (χ3v) is 7.48. The van der Waals surface area contributed by atoms with Crippen molar-refractivity contribution < 1.29 is 13.2 Å². The predicted octanol–water partition coefficient (Wildman–Crippen LogP) is 4.04. The number of sulfonamides is 1. The largest absolute Gasteiger partial charge is 0.326 e. The van der Waals surface area contributed by atoms with E-state index < -0.39 is 21.6 Å². The second kappa shape index (κ2) is 10.5. The van der Waals surface area contributed by atoms with Gasteiger partial charge in [0, 0.05) is 22.6 Å². The van der Waals surface area contributed by atoms with Crippen LogP contribution in [0.5, 0.6) is 0 Å². The Kier molecular flexibility index (Phi) is 7.43. The molecular weight excluding hydrogens is 546 g/mol. The van der Waals surface area contributed by atoms with E-state index in [0.717, 1.165) is 14.7 Å². The summed E-state index contributed by atoms with van der Waals surface area (Å²) in [4.78, 5) is 29.1. The molecule has 4 aromatic rings. The lowest BCUT2D eigenvalue weighted by Gasteiger charge is -2.17. The first-order valence-electron chi connectivity index (χ1n) is 10.9. The molecule has 184 valence electrons. The normalized spacial score (nSPS) is 12.6. The highest BCUT2D eigenvalue weighted by Gasteiger charge is 2.23. The Morgan fingerprint density at radius 3 is 2.42 bits per heavy atom. The summed E-state index contributed by atoms with van der Waals surface area (Å²) in [5, 5.41) is 7.31. The molecule has 0 spiro atoms. The number of anilines is 1. The first-order valence-corrected chi connectivity index (χ1v) is 13.1. The number of fused-ring (bicyclic) bond motifs is 1. The molecule has 36 heavy (non-hydrogen) atoms. The van der Waals surface area contributed by atoms with Gasteiger partial charge in [0.15, 0.2) is 5.82 Å². The van der Waals surface area contributed by atoms with Crippen molar-refractivity contribution in [2.45, 2.75) is 24.8 Å². The molecule has 9 nitrogen and oxygen atoms in total. The fourth-order valence-corrected chi connectivity index (χ4v) is 5.10. The average molecular weight is 568 g/mol. The maximum atomic E-state index is 13.3. The van der Waals surface area contributed by atoms with E-state index in [1.165, 1.54) is 37.4 Å². The average Bonchev–Trinajstić information content (AvgIpc) is 2.84. The van der Waals surface area contributed by atoms with Gasteiger partial charge in [-0.1, -0.05) is 46.3 Å². The van der Waals surface area contributed by atoms with Crippen LogP contribution in [0.2, 0.25) is 0 Å². The van der Waals surface area contributed by atoms with Crippen molar-refractivity contribution in [1.29, 1.82) is 0 Å². The summed E-state index contributed by atoms with van der Waals surface area (Å²) in [5.41, 5.74) is 1.21. The smallest absolute Gasteiger partial charge is 0.282 e. The number of benzene rings is 3. The van der Waals surface area contributed by atoms with E-state index in [-0.39, 0.29) is 16.6 Å². The fraction of sp³-hybridized carbons (Fsp3) is 0.120. The van der Waals surface area contributed by atoms with E-state index in [9.17, 15) is 18.0 Å². The molecule has 0 saturated heterocycles. The lowest BCUT2D eigenvalue weighted by molar-refractivity contribution is -0.114. The van der Waals surface area contributed by atoms with Gasteiger partial charge in [0.05, 0.1) is 28.1 Å². The first kappa shape index (κ1) is 25.4. The minimum absolute atomic E-state index is 0.00476. The number of hydrogen-bond acceptors (Lipinski definition) is 6. The number of hydrogen-bond donors (Lipinski definition) is 2. The van der Waals surface area contributed by atoms with Crippen LogP contribution in [-0.2, 0) is 14.8 Å². The van der Waals surface area contributed by atoms with E-state index >= 15 is 0 Å². The lowest BCUT2D eigenvalue weighted by atomic mass is 10.2. The van der Waals surface area contributed by atoms with Crippen molar-refractivity contribution in [3.63, 3.8) is 0 Å². The standard InChI is InChI=1S/C25H22BrN5O4S/c1-16(30-36(34,35)20-13-11-19(12-14-20)28-17(2)32)24-29-23-10-6-4-8-21(23)25(33)31(24)27-15-18-7-3-5-9-22(18)26/h3-16,30H,1-2H3,(H,28,32)/b27-15+. The van der Waals surface area contributed by atoms with Gasteiger partial charge in [-0.05, 0) is 49.4 Å². The Morgan fingerprint density at radius 2 is 1.72 bits per heavy atom. The van der Waals surface area contributed by atoms with Gasteiger partial charge in [-0.15, -0.1) is 0 Å². The van der Waals surface area contributed by atoms with Crippen LogP contribution in [0.3, 0.4) is 0 Å². The number of aromatic nitrogens is 2. The van der Waals surface area contributed by atoms with Gasteiger partial charge < -0.3 is 5.32 Å². The number of amides is 1. The summed E-state index contributed by atoms with van der Waals surface area (Å²) in [6, 6.07) is 19.0. The number of nitrogens with one attached hydrogen (secondary N) is 2. The summed E-state index contributed by atoms with van der Waals surface area (Å²) in [6.07, 6.45) is 1.51. The van der Waals surface area contributed by atoms with Crippen LogP contribution < -0.4 is 15.6 Å². The van der Waals surface area contributed by atoms with Crippen molar-refractivity contribution in [1.82, 2.24) is 14.4 Å². The molecule has 1 unspecified atom stereocenters. The van der Waals surface area contributed by atoms with Crippen LogP contribution in [0.4, 0.5) is 5.69 Å². The maximum Gasteiger partial charge on any atom is 0.282 e. The Labute approximate surface area is 216 Å². The van der Waals surface area contributed by atoms with Crippen molar-refractivity contribution in [3.05, 3.63) is 99.0 Å². The van der Waals surface area contributed by atoms with Gasteiger partial charge in [0.25, 0.3) is 5.56 Å². The third-order valence-electron chi connectivity index (χ3n) is 5.20. The second-order valence-electron chi connectivity index (χ2n) is 7.92. The lowest BCUT2D eigenvalue weighted by Crippen LogP contribution is -2.32. The molecule has 1 aromatic heterocycles. The van der Waals surface area contributed by atoms with Crippen LogP contribution in [0.15, 0.2) is 92.1 Å². The molecule has 1 atom stereocenters. The molecule has 0 bridgehead atoms. The summed E-state index contributed by atoms with van der Waals surface area (Å²) in [7, 11) is -3.99. The number of carbonyl (C=O) groups excluding carboxylic acids is 1. The number of carbonyl (C=O) groups is 1. The Hall–Kier alpha value is -3.67. The summed E-state index contributed by atoms with van der Waals surface area (Å²) >= 11 is 3.45. The molecule has 1 amide bonds. The van der Waals surface area contributed by atoms with E-state index in [1.54, 1.807) is 31.2 Å². The topological polar surface area (TPSA) is 123 Å². The fourth-order valence-electron chi connectivity index (χ4n) is 3.51. The van der Waals surface area contributed by atoms with Crippen molar-refractivity contribution in [2.24, 2.45) is 5.10 Å². The first-order chi connectivity index (χ1) is 17.2. The van der Waals surface area contributed by atoms with Gasteiger partial charge >= 0.3 is 0 Å². The quantitative estimate of drug-likeness (QED) is 0.326. The van der Waals surface area contributed by atoms with Crippen LogP contribution >= 0.6 is 15.9 Å². The SMILES string of the molecule is CC(=O)Nc1ccc(S(=O)(=O)NC(C)c2nc3ccccc3c(=O)n2/N=C/c2ccccc2Br)cc1. The molecule has 3 aromatic carbocycles. The number of para-hydroxylation sites is 1. The van der Waals surface area contributed by atoms with Crippen molar-refractivity contribution in [2.75, 3.05) is 5.32 Å². The van der Waals surface area contributed by atoms with E-state index in [2.05, 4.69) is 36.1 Å². The molecule has 0 aliphatic carbocycles. The number of halogens is 1. The third kappa shape index (κ3) is 5.59. The van der Waals surface area contributed by atoms with Gasteiger partial charge in [-0.2, -0.15) is 9.78 Å². The highest BCUT2D eigenvalue weighted by molar-refractivity contribution is 9.10. The van der Waals surface area contributed by atoms with Crippen LogP contribution in [0.1, 0.15) is 31.3 Å². The van der Waals surface area contributed by atoms with Crippen LogP contribution in [-0.4, -0.2) is 30.2 Å². The minimum Gasteiger partial charge on any atom is -0.326 e. The monoisotopic (exact) mass is 567 g/mol. The molecule has 0 fully saturated rings. The molecule has 2 N–H and O–H groups in total. The number of rotatable bonds is 7. The van der Waals surface area contributed by atoms with E-state index in [0.29, 0.717) is 16.6 Å². The number of nitrogens with zero attached hydrogens (tertiary/aromatic N) is 3. The van der Waals surface area contributed by atoms with Crippen molar-refractivity contribution in [3.8, 4) is 0 Å². The molecule has 1 heterocycles. The van der Waals surface area contributed by atoms with Crippen LogP contribution in [0.25, 0.3) is 10.9 Å².